The maximum Gasteiger partial charge on any atom is 0.254 e. The van der Waals surface area contributed by atoms with Gasteiger partial charge in [0.1, 0.15) is 17.3 Å². The minimum atomic E-state index is -0.890. The zero-order valence-electron chi connectivity index (χ0n) is 20.3. The highest BCUT2D eigenvalue weighted by atomic mass is 19.1. The average molecular weight is 483 g/mol. The van der Waals surface area contributed by atoms with Crippen LogP contribution in [0, 0.1) is 17.0 Å². The highest BCUT2D eigenvalue weighted by molar-refractivity contribution is 6.10. The summed E-state index contributed by atoms with van der Waals surface area (Å²) < 4.78 is 39.4. The lowest BCUT2D eigenvalue weighted by Crippen LogP contribution is -2.39. The molecular formula is C27H28F2N2O4. The molecule has 184 valence electrons. The quantitative estimate of drug-likeness (QED) is 0.611. The molecule has 1 aliphatic carbocycles. The predicted molar refractivity (Wildman–Crippen MR) is 128 cm³/mol. The maximum atomic E-state index is 14.3. The van der Waals surface area contributed by atoms with E-state index in [0.29, 0.717) is 41.2 Å². The number of rotatable bonds is 5. The zero-order chi connectivity index (χ0) is 25.5. The number of methoxy groups -OCH3 is 2. The van der Waals surface area contributed by atoms with Crippen molar-refractivity contribution in [2.45, 2.75) is 39.5 Å². The fraction of sp³-hybridized carbons (Fsp3) is 0.333. The molecule has 0 saturated carbocycles. The average Bonchev–Trinajstić information content (AvgIpc) is 2.79. The number of dihydropyridines is 1. The number of carbonyl (C=O) groups excluding carboxylic acids is 2. The first-order valence-corrected chi connectivity index (χ1v) is 11.3. The number of anilines is 1. The van der Waals surface area contributed by atoms with Gasteiger partial charge in [0.2, 0.25) is 0 Å². The number of carbonyl (C=O) groups is 2. The monoisotopic (exact) mass is 482 g/mol. The van der Waals surface area contributed by atoms with Gasteiger partial charge in [-0.3, -0.25) is 9.59 Å². The number of halogens is 2. The highest BCUT2D eigenvalue weighted by Crippen LogP contribution is 2.48. The van der Waals surface area contributed by atoms with Crippen LogP contribution in [0.1, 0.15) is 45.1 Å². The van der Waals surface area contributed by atoms with Crippen LogP contribution in [0.2, 0.25) is 0 Å². The van der Waals surface area contributed by atoms with Gasteiger partial charge in [-0.05, 0) is 48.6 Å². The SMILES string of the molecule is COc1ccc(C2C(C(=O)Nc3c(F)cccc3F)=C(C)NC3=C2C(=O)CC(C)(C)C3)cc1OC. The van der Waals surface area contributed by atoms with E-state index < -0.39 is 29.1 Å². The van der Waals surface area contributed by atoms with Gasteiger partial charge in [-0.2, -0.15) is 0 Å². The number of allylic oxidation sites excluding steroid dienone is 3. The molecule has 0 radical (unpaired) electrons. The van der Waals surface area contributed by atoms with E-state index in [-0.39, 0.29) is 16.8 Å². The number of hydrogen-bond donors (Lipinski definition) is 2. The second kappa shape index (κ2) is 9.17. The van der Waals surface area contributed by atoms with Crippen molar-refractivity contribution in [3.63, 3.8) is 0 Å². The molecule has 0 saturated heterocycles. The zero-order valence-corrected chi connectivity index (χ0v) is 20.3. The molecule has 2 aliphatic rings. The Labute approximate surface area is 203 Å². The van der Waals surface area contributed by atoms with Gasteiger partial charge in [0.05, 0.1) is 14.2 Å². The van der Waals surface area contributed by atoms with Crippen LogP contribution in [-0.4, -0.2) is 25.9 Å². The molecule has 0 fully saturated rings. The molecule has 35 heavy (non-hydrogen) atoms. The predicted octanol–water partition coefficient (Wildman–Crippen LogP) is 5.22. The van der Waals surface area contributed by atoms with E-state index in [2.05, 4.69) is 10.6 Å². The smallest absolute Gasteiger partial charge is 0.254 e. The number of ether oxygens (including phenoxy) is 2. The number of nitrogens with one attached hydrogen (secondary N) is 2. The summed E-state index contributed by atoms with van der Waals surface area (Å²) in [4.78, 5) is 26.9. The van der Waals surface area contributed by atoms with Gasteiger partial charge in [-0.1, -0.05) is 26.0 Å². The largest absolute Gasteiger partial charge is 0.493 e. The summed E-state index contributed by atoms with van der Waals surface area (Å²) in [7, 11) is 3.01. The number of para-hydroxylation sites is 1. The van der Waals surface area contributed by atoms with Crippen LogP contribution in [0.4, 0.5) is 14.5 Å². The first-order valence-electron chi connectivity index (χ1n) is 11.3. The second-order valence-electron chi connectivity index (χ2n) is 9.60. The molecule has 2 N–H and O–H groups in total. The third-order valence-corrected chi connectivity index (χ3v) is 6.43. The van der Waals surface area contributed by atoms with Crippen molar-refractivity contribution in [3.05, 3.63) is 76.1 Å². The summed E-state index contributed by atoms with van der Waals surface area (Å²) >= 11 is 0. The Kier molecular flexibility index (Phi) is 6.40. The van der Waals surface area contributed by atoms with Gasteiger partial charge < -0.3 is 20.1 Å². The Hall–Kier alpha value is -3.68. The Bertz CT molecular complexity index is 1260. The Balaban J connectivity index is 1.86. The van der Waals surface area contributed by atoms with Crippen molar-refractivity contribution in [2.75, 3.05) is 19.5 Å². The van der Waals surface area contributed by atoms with Crippen LogP contribution in [0.3, 0.4) is 0 Å². The van der Waals surface area contributed by atoms with Crippen molar-refractivity contribution in [1.29, 1.82) is 0 Å². The summed E-state index contributed by atoms with van der Waals surface area (Å²) in [6.07, 6.45) is 0.930. The molecule has 0 aromatic heterocycles. The Morgan fingerprint density at radius 1 is 1.06 bits per heavy atom. The van der Waals surface area contributed by atoms with Crippen molar-refractivity contribution in [1.82, 2.24) is 5.32 Å². The molecule has 1 heterocycles. The number of hydrogen-bond acceptors (Lipinski definition) is 5. The van der Waals surface area contributed by atoms with Crippen LogP contribution in [0.25, 0.3) is 0 Å². The summed E-state index contributed by atoms with van der Waals surface area (Å²) in [5, 5.41) is 5.61. The van der Waals surface area contributed by atoms with Gasteiger partial charge in [0, 0.05) is 34.9 Å². The molecule has 0 spiro atoms. The summed E-state index contributed by atoms with van der Waals surface area (Å²) in [5.74, 6) is -2.40. The fourth-order valence-corrected chi connectivity index (χ4v) is 4.90. The van der Waals surface area contributed by atoms with Gasteiger partial charge in [0.15, 0.2) is 17.3 Å². The molecule has 1 unspecified atom stereocenters. The summed E-state index contributed by atoms with van der Waals surface area (Å²) in [6, 6.07) is 8.54. The van der Waals surface area contributed by atoms with Crippen molar-refractivity contribution < 1.29 is 27.8 Å². The highest BCUT2D eigenvalue weighted by Gasteiger charge is 2.43. The second-order valence-corrected chi connectivity index (χ2v) is 9.60. The first-order chi connectivity index (χ1) is 16.6. The third-order valence-electron chi connectivity index (χ3n) is 6.43. The summed E-state index contributed by atoms with van der Waals surface area (Å²) in [5.41, 5.74) is 1.76. The normalized spacial score (nSPS) is 19.2. The van der Waals surface area contributed by atoms with E-state index in [1.165, 1.54) is 20.3 Å². The van der Waals surface area contributed by atoms with E-state index in [1.807, 2.05) is 13.8 Å². The standard InChI is InChI=1S/C27H28F2N2O4/c1-14-22(26(33)31-25-16(28)7-6-8-17(25)29)23(15-9-10-20(34-4)21(11-15)35-5)24-18(30-14)12-27(2,3)13-19(24)32/h6-11,23,30H,12-13H2,1-5H3,(H,31,33). The van der Waals surface area contributed by atoms with Crippen LogP contribution in [-0.2, 0) is 9.59 Å². The Morgan fingerprint density at radius 2 is 1.71 bits per heavy atom. The van der Waals surface area contributed by atoms with Crippen LogP contribution < -0.4 is 20.1 Å². The van der Waals surface area contributed by atoms with E-state index in [1.54, 1.807) is 25.1 Å². The maximum absolute atomic E-state index is 14.3. The fourth-order valence-electron chi connectivity index (χ4n) is 4.90. The lowest BCUT2D eigenvalue weighted by Gasteiger charge is -2.39. The van der Waals surface area contributed by atoms with E-state index in [0.717, 1.165) is 17.8 Å². The molecule has 1 atom stereocenters. The van der Waals surface area contributed by atoms with E-state index in [9.17, 15) is 18.4 Å². The molecule has 8 heteroatoms. The van der Waals surface area contributed by atoms with Crippen LogP contribution in [0.15, 0.2) is 58.9 Å². The molecule has 1 aliphatic heterocycles. The van der Waals surface area contributed by atoms with Crippen molar-refractivity contribution >= 4 is 17.4 Å². The van der Waals surface area contributed by atoms with Gasteiger partial charge in [0.25, 0.3) is 5.91 Å². The van der Waals surface area contributed by atoms with Crippen LogP contribution >= 0.6 is 0 Å². The van der Waals surface area contributed by atoms with E-state index in [4.69, 9.17) is 9.47 Å². The molecule has 4 rings (SSSR count). The third kappa shape index (κ3) is 4.52. The number of benzene rings is 2. The topological polar surface area (TPSA) is 76.7 Å². The summed E-state index contributed by atoms with van der Waals surface area (Å²) in [6.45, 7) is 5.75. The molecular weight excluding hydrogens is 454 g/mol. The van der Waals surface area contributed by atoms with Crippen molar-refractivity contribution in [2.24, 2.45) is 5.41 Å². The molecule has 6 nitrogen and oxygen atoms in total. The molecule has 2 aromatic rings. The minimum Gasteiger partial charge on any atom is -0.493 e. The van der Waals surface area contributed by atoms with Gasteiger partial charge in [-0.15, -0.1) is 0 Å². The number of Topliss-reactive ketones (excluding diaryl/α,β-unsaturated/α-hetero) is 1. The first kappa shape index (κ1) is 24.4. The van der Waals surface area contributed by atoms with E-state index >= 15 is 0 Å². The van der Waals surface area contributed by atoms with Crippen molar-refractivity contribution in [3.8, 4) is 11.5 Å². The lowest BCUT2D eigenvalue weighted by atomic mass is 9.68. The van der Waals surface area contributed by atoms with Gasteiger partial charge >= 0.3 is 0 Å². The number of ketones is 1. The van der Waals surface area contributed by atoms with Gasteiger partial charge in [-0.25, -0.2) is 8.78 Å². The lowest BCUT2D eigenvalue weighted by molar-refractivity contribution is -0.118. The molecule has 0 bridgehead atoms. The molecule has 2 aromatic carbocycles. The number of amides is 1. The Morgan fingerprint density at radius 3 is 2.34 bits per heavy atom. The molecule has 1 amide bonds. The van der Waals surface area contributed by atoms with Crippen LogP contribution in [0.5, 0.6) is 11.5 Å². The minimum absolute atomic E-state index is 0.0848.